The van der Waals surface area contributed by atoms with Gasteiger partial charge in [0.05, 0.1) is 15.9 Å². The number of carbonyl (C=O) groups is 1. The van der Waals surface area contributed by atoms with Crippen LogP contribution in [-0.2, 0) is 11.3 Å². The van der Waals surface area contributed by atoms with Crippen LogP contribution in [-0.4, -0.2) is 23.9 Å². The second-order valence-electron chi connectivity index (χ2n) is 4.33. The number of carbonyl (C=O) groups excluding carboxylic acids is 1. The van der Waals surface area contributed by atoms with Gasteiger partial charge in [-0.1, -0.05) is 6.92 Å². The Balaban J connectivity index is 1.92. The number of anilines is 1. The van der Waals surface area contributed by atoms with Gasteiger partial charge in [0.2, 0.25) is 5.91 Å². The van der Waals surface area contributed by atoms with Gasteiger partial charge in [0.1, 0.15) is 11.1 Å². The van der Waals surface area contributed by atoms with E-state index in [2.05, 4.69) is 38.3 Å². The molecule has 7 heteroatoms. The Morgan fingerprint density at radius 3 is 2.90 bits per heavy atom. The minimum atomic E-state index is -0.0913. The molecular weight excluding hydrogens is 370 g/mol. The van der Waals surface area contributed by atoms with Crippen molar-refractivity contribution in [1.29, 1.82) is 5.26 Å². The van der Waals surface area contributed by atoms with Gasteiger partial charge in [-0.25, -0.2) is 0 Å². The minimum Gasteiger partial charge on any atom is -0.315 e. The first-order valence-electron chi connectivity index (χ1n) is 6.36. The first-order chi connectivity index (χ1) is 10.1. The fraction of sp³-hybridized carbons (Fsp3) is 0.286. The highest BCUT2D eigenvalue weighted by atomic mass is 79.9. The maximum Gasteiger partial charge on any atom is 0.239 e. The average molecular weight is 384 g/mol. The monoisotopic (exact) mass is 383 g/mol. The number of rotatable bonds is 6. The molecule has 1 amide bonds. The van der Waals surface area contributed by atoms with Crippen LogP contribution in [0.2, 0.25) is 0 Å². The smallest absolute Gasteiger partial charge is 0.239 e. The van der Waals surface area contributed by atoms with Gasteiger partial charge in [-0.2, -0.15) is 5.26 Å². The largest absolute Gasteiger partial charge is 0.315 e. The maximum atomic E-state index is 12.1. The average Bonchev–Trinajstić information content (AvgIpc) is 3.06. The van der Waals surface area contributed by atoms with Crippen LogP contribution in [0, 0.1) is 11.3 Å². The van der Waals surface area contributed by atoms with E-state index in [4.69, 9.17) is 5.26 Å². The van der Waals surface area contributed by atoms with Gasteiger partial charge >= 0.3 is 0 Å². The van der Waals surface area contributed by atoms with Gasteiger partial charge < -0.3 is 5.32 Å². The predicted molar refractivity (Wildman–Crippen MR) is 90.6 cm³/mol. The van der Waals surface area contributed by atoms with E-state index in [0.29, 0.717) is 17.1 Å². The fourth-order valence-electron chi connectivity index (χ4n) is 1.80. The summed E-state index contributed by atoms with van der Waals surface area (Å²) < 4.78 is 1.09. The summed E-state index contributed by atoms with van der Waals surface area (Å²) in [6, 6.07) is 7.85. The Labute approximate surface area is 140 Å². The van der Waals surface area contributed by atoms with Crippen molar-refractivity contribution in [2.45, 2.75) is 13.5 Å². The Hall–Kier alpha value is -1.20. The Kier molecular flexibility index (Phi) is 5.94. The Morgan fingerprint density at radius 2 is 2.29 bits per heavy atom. The molecule has 0 radical (unpaired) electrons. The highest BCUT2D eigenvalue weighted by molar-refractivity contribution is 9.11. The van der Waals surface area contributed by atoms with Crippen molar-refractivity contribution in [3.05, 3.63) is 37.8 Å². The van der Waals surface area contributed by atoms with Gasteiger partial charge in [0, 0.05) is 11.4 Å². The van der Waals surface area contributed by atoms with Crippen LogP contribution < -0.4 is 5.32 Å². The summed E-state index contributed by atoms with van der Waals surface area (Å²) in [6.45, 7) is 3.88. The normalized spacial score (nSPS) is 10.6. The van der Waals surface area contributed by atoms with Gasteiger partial charge in [-0.05, 0) is 46.1 Å². The summed E-state index contributed by atoms with van der Waals surface area (Å²) >= 11 is 6.48. The van der Waals surface area contributed by atoms with Crippen LogP contribution in [0.4, 0.5) is 5.00 Å². The van der Waals surface area contributed by atoms with Crippen molar-refractivity contribution >= 4 is 49.5 Å². The lowest BCUT2D eigenvalue weighted by Crippen LogP contribution is -2.32. The van der Waals surface area contributed by atoms with E-state index >= 15 is 0 Å². The standard InChI is InChI=1S/C14H14BrN3OS2/c1-2-18(8-11-3-4-12(15)21-11)9-13(19)17-14-10(7-16)5-6-20-14/h3-6H,2,8-9H2,1H3,(H,17,19). The highest BCUT2D eigenvalue weighted by Gasteiger charge is 2.13. The number of amides is 1. The molecular formula is C14H14BrN3OS2. The van der Waals surface area contributed by atoms with Crippen LogP contribution >= 0.6 is 38.6 Å². The van der Waals surface area contributed by atoms with E-state index in [1.165, 1.54) is 16.2 Å². The molecule has 21 heavy (non-hydrogen) atoms. The van der Waals surface area contributed by atoms with E-state index in [9.17, 15) is 4.79 Å². The van der Waals surface area contributed by atoms with Crippen molar-refractivity contribution in [1.82, 2.24) is 4.90 Å². The van der Waals surface area contributed by atoms with E-state index in [-0.39, 0.29) is 5.91 Å². The number of likely N-dealkylation sites (N-methyl/N-ethyl adjacent to an activating group) is 1. The molecule has 0 aliphatic heterocycles. The van der Waals surface area contributed by atoms with Gasteiger partial charge in [-0.15, -0.1) is 22.7 Å². The van der Waals surface area contributed by atoms with E-state index in [1.54, 1.807) is 22.8 Å². The van der Waals surface area contributed by atoms with Crippen molar-refractivity contribution in [3.8, 4) is 6.07 Å². The molecule has 0 aliphatic carbocycles. The summed E-state index contributed by atoms with van der Waals surface area (Å²) in [7, 11) is 0. The predicted octanol–water partition coefficient (Wildman–Crippen LogP) is 3.90. The van der Waals surface area contributed by atoms with Crippen LogP contribution in [0.1, 0.15) is 17.4 Å². The summed E-state index contributed by atoms with van der Waals surface area (Å²) in [5.74, 6) is -0.0913. The zero-order valence-corrected chi connectivity index (χ0v) is 14.6. The molecule has 2 aromatic rings. The molecule has 2 aromatic heterocycles. The Bertz CT molecular complexity index is 659. The Morgan fingerprint density at radius 1 is 1.48 bits per heavy atom. The number of thiophene rings is 2. The summed E-state index contributed by atoms with van der Waals surface area (Å²) in [6.07, 6.45) is 0. The molecule has 0 aliphatic rings. The summed E-state index contributed by atoms with van der Waals surface area (Å²) in [4.78, 5) is 15.4. The topological polar surface area (TPSA) is 56.1 Å². The molecule has 1 N–H and O–H groups in total. The lowest BCUT2D eigenvalue weighted by Gasteiger charge is -2.18. The lowest BCUT2D eigenvalue weighted by atomic mass is 10.3. The summed E-state index contributed by atoms with van der Waals surface area (Å²) in [5.41, 5.74) is 0.513. The second kappa shape index (κ2) is 7.71. The van der Waals surface area contributed by atoms with Crippen LogP contribution in [0.3, 0.4) is 0 Å². The molecule has 0 unspecified atom stereocenters. The summed E-state index contributed by atoms with van der Waals surface area (Å²) in [5, 5.41) is 14.2. The third-order valence-corrected chi connectivity index (χ3v) is 5.30. The fourth-order valence-corrected chi connectivity index (χ4v) is 4.08. The maximum absolute atomic E-state index is 12.1. The molecule has 0 aromatic carbocycles. The molecule has 0 saturated carbocycles. The van der Waals surface area contributed by atoms with Gasteiger partial charge in [-0.3, -0.25) is 9.69 Å². The third-order valence-electron chi connectivity index (χ3n) is 2.86. The van der Waals surface area contributed by atoms with Crippen molar-refractivity contribution in [3.63, 3.8) is 0 Å². The number of nitriles is 1. The third kappa shape index (κ3) is 4.64. The van der Waals surface area contributed by atoms with Crippen molar-refractivity contribution in [2.24, 2.45) is 0 Å². The molecule has 2 rings (SSSR count). The molecule has 0 spiro atoms. The van der Waals surface area contributed by atoms with Crippen LogP contribution in [0.25, 0.3) is 0 Å². The van der Waals surface area contributed by atoms with Gasteiger partial charge in [0.25, 0.3) is 0 Å². The number of hydrogen-bond donors (Lipinski definition) is 1. The first-order valence-corrected chi connectivity index (χ1v) is 8.85. The molecule has 2 heterocycles. The molecule has 0 atom stereocenters. The SMILES string of the molecule is CCN(CC(=O)Nc1sccc1C#N)Cc1ccc(Br)s1. The number of halogens is 1. The lowest BCUT2D eigenvalue weighted by molar-refractivity contribution is -0.117. The molecule has 110 valence electrons. The van der Waals surface area contributed by atoms with Crippen LogP contribution in [0.5, 0.6) is 0 Å². The van der Waals surface area contributed by atoms with E-state index in [0.717, 1.165) is 16.9 Å². The zero-order valence-electron chi connectivity index (χ0n) is 11.4. The van der Waals surface area contributed by atoms with E-state index < -0.39 is 0 Å². The molecule has 0 saturated heterocycles. The van der Waals surface area contributed by atoms with Crippen molar-refractivity contribution in [2.75, 3.05) is 18.4 Å². The molecule has 0 fully saturated rings. The number of nitrogens with zero attached hydrogens (tertiary/aromatic N) is 2. The zero-order chi connectivity index (χ0) is 15.2. The van der Waals surface area contributed by atoms with Gasteiger partial charge in [0.15, 0.2) is 0 Å². The van der Waals surface area contributed by atoms with Crippen LogP contribution in [0.15, 0.2) is 27.4 Å². The first kappa shape index (κ1) is 16.2. The number of nitrogens with one attached hydrogen (secondary N) is 1. The minimum absolute atomic E-state index is 0.0913. The molecule has 4 nitrogen and oxygen atoms in total. The number of hydrogen-bond acceptors (Lipinski definition) is 5. The quantitative estimate of drug-likeness (QED) is 0.822. The van der Waals surface area contributed by atoms with Crippen molar-refractivity contribution < 1.29 is 4.79 Å². The second-order valence-corrected chi connectivity index (χ2v) is 7.80. The highest BCUT2D eigenvalue weighted by Crippen LogP contribution is 2.24. The van der Waals surface area contributed by atoms with E-state index in [1.807, 2.05) is 13.0 Å². The molecule has 0 bridgehead atoms.